The number of amides is 3. The molecule has 0 radical (unpaired) electrons. The molecule has 6 heterocycles. The molecule has 8 fully saturated rings. The summed E-state index contributed by atoms with van der Waals surface area (Å²) in [6.45, 7) is 41.4. The number of rotatable bonds is 26. The molecule has 8 saturated carbocycles. The van der Waals surface area contributed by atoms with E-state index in [9.17, 15) is 38.7 Å². The number of ether oxygens (including phenoxy) is 8. The van der Waals surface area contributed by atoms with Crippen molar-refractivity contribution in [2.24, 2.45) is 32.5 Å². The summed E-state index contributed by atoms with van der Waals surface area (Å²) in [5, 5.41) is 18.0. The molecule has 4 atom stereocenters. The Hall–Kier alpha value is -9.53. The van der Waals surface area contributed by atoms with Gasteiger partial charge in [-0.2, -0.15) is 0 Å². The second-order valence-corrected chi connectivity index (χ2v) is 42.6. The molecule has 16 rings (SSSR count). The third-order valence-electron chi connectivity index (χ3n) is 26.1. The third-order valence-corrected chi connectivity index (χ3v) is 26.1. The van der Waals surface area contributed by atoms with Gasteiger partial charge in [0.15, 0.2) is 24.6 Å². The number of likely N-dealkylation sites (N-methyl/N-ethyl adjacent to an activating group) is 2. The standard InChI is InChI=1S/C53H75N5O9.C44H59N5O7/c1-34-35(19-22-58(34)33-52-28-50(11)27-51(12,29-52)31-53(30-50,32-52)64-24-23-56(14)46(62)67-49(8,9)10)37-16-18-41(55-43(37)45(61)66-48(5,6)7)57-21-20-36-39(25-57)38(44(60)54-13)15-17-40(36)63-26-42(59)65-47(2,3)4;1-28-29(13-17-49(28)27-43-22-41(5)21-42(6,23-43)25-44(24-41,26-43)55-18-15-45-7)31-10-12-35(47-37(31)39(53)56-40(2,3)4)48-16-14-30-33(19-48)32(38(52)46-8)9-11-34(30)54-20-36(50)51/h15-19,22H,20-21,23-33H2,1-14H3,(H,54,60);9-13,17,45H,14-16,18-27H2,1-8H3,(H,46,52)(H,50,51). The number of carbonyl (C=O) groups is 7. The SMILES string of the molecule is CNC(=O)c1ccc(OCC(=O)OC(C)(C)C)c2c1CN(c1ccc(-c3ccn(CC45CC6(C)CC(C)(C4)CC(OCCN(C)C(=O)OC(C)(C)C)(C6)C5)c3C)c(C(=O)OC(C)(C)C)n1)CC2.CNCCOC12CC3(C)CC(C)(CC(Cn4ccc(-c5ccc(N6CCc7c(OCC(=O)O)ccc(C(=O)NC)c7C6)nc5C(=O)OC(C)(C)C)c4C)(C3)C1)C2. The number of esters is 3. The van der Waals surface area contributed by atoms with Crippen LogP contribution in [0.1, 0.15) is 263 Å². The summed E-state index contributed by atoms with van der Waals surface area (Å²) in [5.41, 5.74) is 7.77. The molecule has 4 unspecified atom stereocenters. The normalized spacial score (nSPS) is 25.4. The third kappa shape index (κ3) is 20.4. The van der Waals surface area contributed by atoms with Gasteiger partial charge in [0, 0.05) is 142 Å². The maximum absolute atomic E-state index is 14.2. The first-order valence-electron chi connectivity index (χ1n) is 44.0. The zero-order valence-electron chi connectivity index (χ0n) is 77.0. The van der Waals surface area contributed by atoms with Crippen molar-refractivity contribution in [1.82, 2.24) is 40.0 Å². The second-order valence-electron chi connectivity index (χ2n) is 42.6. The van der Waals surface area contributed by atoms with Gasteiger partial charge in [-0.25, -0.2) is 33.9 Å². The van der Waals surface area contributed by atoms with Gasteiger partial charge in [-0.05, 0) is 298 Å². The van der Waals surface area contributed by atoms with Crippen LogP contribution in [0.4, 0.5) is 16.4 Å². The van der Waals surface area contributed by atoms with Crippen LogP contribution in [0, 0.1) is 46.3 Å². The van der Waals surface area contributed by atoms with E-state index in [1.807, 2.05) is 98.5 Å². The average Bonchev–Trinajstić information content (AvgIpc) is 1.19. The molecule has 668 valence electrons. The van der Waals surface area contributed by atoms with Crippen molar-refractivity contribution >= 4 is 53.4 Å². The van der Waals surface area contributed by atoms with E-state index in [1.54, 1.807) is 71.1 Å². The molecular weight excluding hydrogens is 1560 g/mol. The highest BCUT2D eigenvalue weighted by Gasteiger charge is 2.68. The highest BCUT2D eigenvalue weighted by Crippen LogP contribution is 2.74. The van der Waals surface area contributed by atoms with Crippen LogP contribution in [0.3, 0.4) is 0 Å². The zero-order chi connectivity index (χ0) is 89.4. The van der Waals surface area contributed by atoms with E-state index in [-0.39, 0.29) is 79.6 Å². The average molecular weight is 1700 g/mol. The first-order chi connectivity index (χ1) is 57.4. The number of anilines is 2. The first kappa shape index (κ1) is 91.2. The summed E-state index contributed by atoms with van der Waals surface area (Å²) in [5.74, 6) is -0.945. The lowest BCUT2D eigenvalue weighted by molar-refractivity contribution is -0.248. The van der Waals surface area contributed by atoms with E-state index in [0.29, 0.717) is 97.6 Å². The fourth-order valence-electron chi connectivity index (χ4n) is 24.2. The Bertz CT molecular complexity index is 5010. The quantitative estimate of drug-likeness (QED) is 0.0223. The minimum Gasteiger partial charge on any atom is -0.482 e. The molecular formula is C97H134N10O16. The summed E-state index contributed by atoms with van der Waals surface area (Å²) >= 11 is 0. The number of carbonyl (C=O) groups excluding carboxylic acids is 6. The Labute approximate surface area is 726 Å². The topological polar surface area (TPSA) is 295 Å². The van der Waals surface area contributed by atoms with Crippen molar-refractivity contribution in [2.45, 2.75) is 274 Å². The van der Waals surface area contributed by atoms with Crippen LogP contribution in [0.15, 0.2) is 73.1 Å². The number of nitrogens with one attached hydrogen (secondary N) is 3. The summed E-state index contributed by atoms with van der Waals surface area (Å²) in [4.78, 5) is 107. The van der Waals surface area contributed by atoms with Crippen LogP contribution in [-0.2, 0) is 77.0 Å². The van der Waals surface area contributed by atoms with Crippen LogP contribution >= 0.6 is 0 Å². The van der Waals surface area contributed by atoms with E-state index < -0.39 is 52.9 Å². The number of aliphatic carboxylic acids is 1. The van der Waals surface area contributed by atoms with Crippen LogP contribution in [-0.4, -0.2) is 185 Å². The number of nitrogens with zero attached hydrogens (tertiary/aromatic N) is 7. The number of pyridine rings is 2. The Morgan fingerprint density at radius 3 is 1.25 bits per heavy atom. The molecule has 123 heavy (non-hydrogen) atoms. The molecule has 26 heteroatoms. The van der Waals surface area contributed by atoms with Gasteiger partial charge in [-0.3, -0.25) is 9.59 Å². The van der Waals surface area contributed by atoms with Gasteiger partial charge in [-0.15, -0.1) is 0 Å². The first-order valence-corrected chi connectivity index (χ1v) is 44.0. The number of fused-ring (bicyclic) bond motifs is 2. The van der Waals surface area contributed by atoms with Gasteiger partial charge >= 0.3 is 30.0 Å². The maximum Gasteiger partial charge on any atom is 0.410 e. The molecule has 6 aromatic rings. The molecule has 4 N–H and O–H groups in total. The number of carboxylic acids is 1. The molecule has 8 bridgehead atoms. The Kier molecular flexibility index (Phi) is 25.0. The van der Waals surface area contributed by atoms with Crippen LogP contribution < -0.4 is 35.2 Å². The maximum atomic E-state index is 14.2. The number of hydrogen-bond donors (Lipinski definition) is 4. The summed E-state index contributed by atoms with van der Waals surface area (Å²) in [6.07, 6.45) is 18.3. The number of carboxylic acid groups (broad SMARTS) is 1. The molecule has 0 saturated heterocycles. The molecule has 0 spiro atoms. The van der Waals surface area contributed by atoms with Gasteiger partial charge in [0.2, 0.25) is 0 Å². The molecule has 3 amide bonds. The van der Waals surface area contributed by atoms with E-state index in [4.69, 9.17) is 47.9 Å². The summed E-state index contributed by atoms with van der Waals surface area (Å²) in [6, 6.07) is 18.8. The lowest BCUT2D eigenvalue weighted by atomic mass is 9.39. The Morgan fingerprint density at radius 1 is 0.472 bits per heavy atom. The smallest absolute Gasteiger partial charge is 0.410 e. The van der Waals surface area contributed by atoms with E-state index in [1.165, 1.54) is 25.7 Å². The molecule has 10 aliphatic rings. The summed E-state index contributed by atoms with van der Waals surface area (Å²) < 4.78 is 53.2. The molecule has 2 aliphatic heterocycles. The molecule has 8 aliphatic carbocycles. The highest BCUT2D eigenvalue weighted by molar-refractivity contribution is 5.99. The predicted octanol–water partition coefficient (Wildman–Crippen LogP) is 16.0. The summed E-state index contributed by atoms with van der Waals surface area (Å²) in [7, 11) is 6.92. The van der Waals surface area contributed by atoms with E-state index in [2.05, 4.69) is 96.1 Å². The van der Waals surface area contributed by atoms with Crippen LogP contribution in [0.25, 0.3) is 22.3 Å². The van der Waals surface area contributed by atoms with Gasteiger partial charge < -0.3 is 82.8 Å². The fourth-order valence-corrected chi connectivity index (χ4v) is 24.2. The minimum atomic E-state index is -1.08. The van der Waals surface area contributed by atoms with Crippen molar-refractivity contribution in [2.75, 3.05) is 90.6 Å². The number of hydrogen-bond acceptors (Lipinski definition) is 20. The monoisotopic (exact) mass is 1690 g/mol. The number of benzene rings is 2. The van der Waals surface area contributed by atoms with Crippen molar-refractivity contribution in [3.63, 3.8) is 0 Å². The lowest BCUT2D eigenvalue weighted by Crippen LogP contribution is -2.64. The lowest BCUT2D eigenvalue weighted by Gasteiger charge is -2.69. The van der Waals surface area contributed by atoms with Gasteiger partial charge in [0.1, 0.15) is 45.5 Å². The zero-order valence-corrected chi connectivity index (χ0v) is 77.0. The molecule has 4 aromatic heterocycles. The van der Waals surface area contributed by atoms with Crippen molar-refractivity contribution < 1.29 is 76.6 Å². The van der Waals surface area contributed by atoms with Crippen LogP contribution in [0.5, 0.6) is 11.5 Å². The van der Waals surface area contributed by atoms with Crippen LogP contribution in [0.2, 0.25) is 0 Å². The fraction of sp³-hybridized carbons (Fsp3) is 0.619. The Morgan fingerprint density at radius 2 is 0.870 bits per heavy atom. The largest absolute Gasteiger partial charge is 0.482 e. The second kappa shape index (κ2) is 33.8. The predicted molar refractivity (Wildman–Crippen MR) is 472 cm³/mol. The Balaban J connectivity index is 0.000000215. The molecule has 26 nitrogen and oxygen atoms in total. The van der Waals surface area contributed by atoms with Crippen molar-refractivity contribution in [3.05, 3.63) is 129 Å². The van der Waals surface area contributed by atoms with Crippen molar-refractivity contribution in [3.8, 4) is 33.8 Å². The van der Waals surface area contributed by atoms with Gasteiger partial charge in [-0.1, -0.05) is 27.7 Å². The number of aromatic nitrogens is 4. The van der Waals surface area contributed by atoms with E-state index in [0.717, 1.165) is 122 Å². The van der Waals surface area contributed by atoms with Gasteiger partial charge in [0.05, 0.1) is 24.4 Å². The van der Waals surface area contributed by atoms with Crippen molar-refractivity contribution in [1.29, 1.82) is 0 Å². The molecule has 2 aromatic carbocycles. The van der Waals surface area contributed by atoms with E-state index >= 15 is 0 Å². The highest BCUT2D eigenvalue weighted by atomic mass is 16.6. The minimum absolute atomic E-state index is 0.00515. The van der Waals surface area contributed by atoms with Gasteiger partial charge in [0.25, 0.3) is 11.8 Å².